The Morgan fingerprint density at radius 2 is 1.95 bits per heavy atom. The monoisotopic (exact) mass is 304 g/mol. The quantitative estimate of drug-likeness (QED) is 0.879. The van der Waals surface area contributed by atoms with Gasteiger partial charge in [-0.15, -0.1) is 0 Å². The van der Waals surface area contributed by atoms with Gasteiger partial charge in [0.05, 0.1) is 13.2 Å². The van der Waals surface area contributed by atoms with Crippen molar-refractivity contribution in [3.63, 3.8) is 0 Å². The molecule has 22 heavy (non-hydrogen) atoms. The van der Waals surface area contributed by atoms with Gasteiger partial charge in [0.1, 0.15) is 11.5 Å². The summed E-state index contributed by atoms with van der Waals surface area (Å²) >= 11 is 0. The van der Waals surface area contributed by atoms with E-state index in [1.165, 1.54) is 6.07 Å². The Morgan fingerprint density at radius 3 is 2.64 bits per heavy atom. The van der Waals surface area contributed by atoms with Crippen LogP contribution in [-0.4, -0.2) is 47.9 Å². The first-order valence-corrected chi connectivity index (χ1v) is 7.51. The number of ether oxygens (including phenoxy) is 2. The number of piperidine rings is 1. The molecule has 2 aliphatic heterocycles. The van der Waals surface area contributed by atoms with Crippen molar-refractivity contribution >= 4 is 16.8 Å². The number of H-pyrrole nitrogens is 1. The summed E-state index contributed by atoms with van der Waals surface area (Å²) in [7, 11) is 0. The van der Waals surface area contributed by atoms with Crippen molar-refractivity contribution in [2.24, 2.45) is 0 Å². The zero-order chi connectivity index (χ0) is 15.2. The molecule has 5 nitrogen and oxygen atoms in total. The van der Waals surface area contributed by atoms with E-state index in [2.05, 4.69) is 4.98 Å². The standard InChI is InChI=1S/C16H17FN2O3/c17-12-2-1-3-13-11(12)10-14(18-13)15(20)19-6-4-16(5-7-19)21-8-9-22-16/h1-3,10,18H,4-9H2. The van der Waals surface area contributed by atoms with Gasteiger partial charge in [-0.3, -0.25) is 4.79 Å². The highest BCUT2D eigenvalue weighted by Crippen LogP contribution is 2.32. The SMILES string of the molecule is O=C(c1cc2c(F)cccc2[nH]1)N1CCC2(CC1)OCCO2. The average molecular weight is 304 g/mol. The average Bonchev–Trinajstić information content (AvgIpc) is 3.15. The van der Waals surface area contributed by atoms with Gasteiger partial charge in [0.15, 0.2) is 5.79 Å². The molecule has 0 bridgehead atoms. The minimum atomic E-state index is -0.497. The summed E-state index contributed by atoms with van der Waals surface area (Å²) in [6, 6.07) is 6.37. The van der Waals surface area contributed by atoms with Crippen LogP contribution >= 0.6 is 0 Å². The number of carbonyl (C=O) groups excluding carboxylic acids is 1. The first kappa shape index (κ1) is 13.7. The molecule has 1 spiro atoms. The maximum absolute atomic E-state index is 13.7. The minimum Gasteiger partial charge on any atom is -0.350 e. The van der Waals surface area contributed by atoms with E-state index < -0.39 is 5.79 Å². The predicted octanol–water partition coefficient (Wildman–Crippen LogP) is 2.29. The number of amides is 1. The number of aromatic nitrogens is 1. The molecule has 0 radical (unpaired) electrons. The number of rotatable bonds is 1. The molecule has 2 aromatic rings. The zero-order valence-electron chi connectivity index (χ0n) is 12.1. The van der Waals surface area contributed by atoms with Crippen LogP contribution in [-0.2, 0) is 9.47 Å². The van der Waals surface area contributed by atoms with Crippen molar-refractivity contribution in [2.45, 2.75) is 18.6 Å². The molecule has 0 saturated carbocycles. The molecule has 0 atom stereocenters. The number of halogens is 1. The molecule has 1 amide bonds. The summed E-state index contributed by atoms with van der Waals surface area (Å²) < 4.78 is 25.1. The van der Waals surface area contributed by atoms with Crippen LogP contribution in [0.5, 0.6) is 0 Å². The van der Waals surface area contributed by atoms with E-state index in [1.54, 1.807) is 23.1 Å². The van der Waals surface area contributed by atoms with Crippen molar-refractivity contribution in [3.8, 4) is 0 Å². The molecule has 3 heterocycles. The highest BCUT2D eigenvalue weighted by molar-refractivity contribution is 5.98. The molecular weight excluding hydrogens is 287 g/mol. The van der Waals surface area contributed by atoms with Crippen molar-refractivity contribution in [1.82, 2.24) is 9.88 Å². The second-order valence-electron chi connectivity index (χ2n) is 5.78. The molecule has 1 aromatic carbocycles. The Kier molecular flexibility index (Phi) is 3.16. The summed E-state index contributed by atoms with van der Waals surface area (Å²) in [6.45, 7) is 2.40. The van der Waals surface area contributed by atoms with Gasteiger partial charge in [0, 0.05) is 36.8 Å². The number of nitrogens with one attached hydrogen (secondary N) is 1. The van der Waals surface area contributed by atoms with E-state index in [4.69, 9.17) is 9.47 Å². The lowest BCUT2D eigenvalue weighted by molar-refractivity contribution is -0.181. The number of hydrogen-bond acceptors (Lipinski definition) is 3. The third-order valence-electron chi connectivity index (χ3n) is 4.47. The lowest BCUT2D eigenvalue weighted by atomic mass is 10.0. The van der Waals surface area contributed by atoms with Gasteiger partial charge in [-0.1, -0.05) is 6.07 Å². The molecule has 2 fully saturated rings. The van der Waals surface area contributed by atoms with Crippen LogP contribution in [0.2, 0.25) is 0 Å². The fourth-order valence-electron chi connectivity index (χ4n) is 3.24. The Balaban J connectivity index is 1.53. The molecule has 0 aliphatic carbocycles. The summed E-state index contributed by atoms with van der Waals surface area (Å²) in [4.78, 5) is 17.3. The Hall–Kier alpha value is -1.92. The molecule has 116 valence electrons. The van der Waals surface area contributed by atoms with Gasteiger partial charge >= 0.3 is 0 Å². The summed E-state index contributed by atoms with van der Waals surface area (Å²) in [5, 5.41) is 0.446. The molecular formula is C16H17FN2O3. The summed E-state index contributed by atoms with van der Waals surface area (Å²) in [5.41, 5.74) is 1.06. The van der Waals surface area contributed by atoms with Gasteiger partial charge in [0.2, 0.25) is 0 Å². The lowest BCUT2D eigenvalue weighted by Gasteiger charge is -2.37. The fraction of sp³-hybridized carbons (Fsp3) is 0.438. The number of hydrogen-bond donors (Lipinski definition) is 1. The Morgan fingerprint density at radius 1 is 1.23 bits per heavy atom. The number of likely N-dealkylation sites (tertiary alicyclic amines) is 1. The smallest absolute Gasteiger partial charge is 0.270 e. The van der Waals surface area contributed by atoms with Crippen LogP contribution in [0.1, 0.15) is 23.3 Å². The number of carbonyl (C=O) groups is 1. The predicted molar refractivity (Wildman–Crippen MR) is 78.0 cm³/mol. The van der Waals surface area contributed by atoms with Crippen LogP contribution < -0.4 is 0 Å². The van der Waals surface area contributed by atoms with E-state index in [0.717, 1.165) is 0 Å². The molecule has 2 aliphatic rings. The van der Waals surface area contributed by atoms with Crippen LogP contribution in [0.4, 0.5) is 4.39 Å². The number of fused-ring (bicyclic) bond motifs is 1. The number of benzene rings is 1. The number of nitrogens with zero attached hydrogens (tertiary/aromatic N) is 1. The van der Waals surface area contributed by atoms with E-state index >= 15 is 0 Å². The van der Waals surface area contributed by atoms with Gasteiger partial charge in [-0.2, -0.15) is 0 Å². The van der Waals surface area contributed by atoms with E-state index in [-0.39, 0.29) is 11.7 Å². The number of aromatic amines is 1. The van der Waals surface area contributed by atoms with Gasteiger partial charge in [-0.05, 0) is 18.2 Å². The molecule has 1 aromatic heterocycles. The van der Waals surface area contributed by atoms with E-state index in [1.807, 2.05) is 0 Å². The molecule has 0 unspecified atom stereocenters. The molecule has 4 rings (SSSR count). The highest BCUT2D eigenvalue weighted by Gasteiger charge is 2.41. The van der Waals surface area contributed by atoms with Gasteiger partial charge in [-0.25, -0.2) is 4.39 Å². The van der Waals surface area contributed by atoms with E-state index in [9.17, 15) is 9.18 Å². The Labute approximate surface area is 127 Å². The molecule has 2 saturated heterocycles. The molecule has 1 N–H and O–H groups in total. The largest absolute Gasteiger partial charge is 0.350 e. The van der Waals surface area contributed by atoms with Crippen LogP contribution in [0.15, 0.2) is 24.3 Å². The van der Waals surface area contributed by atoms with Crippen molar-refractivity contribution in [2.75, 3.05) is 26.3 Å². The maximum Gasteiger partial charge on any atom is 0.270 e. The van der Waals surface area contributed by atoms with Crippen molar-refractivity contribution < 1.29 is 18.7 Å². The Bertz CT molecular complexity index is 711. The van der Waals surface area contributed by atoms with Gasteiger partial charge < -0.3 is 19.4 Å². The maximum atomic E-state index is 13.7. The summed E-state index contributed by atoms with van der Waals surface area (Å²) in [6.07, 6.45) is 1.35. The summed E-state index contributed by atoms with van der Waals surface area (Å²) in [5.74, 6) is -0.926. The molecule has 6 heteroatoms. The third-order valence-corrected chi connectivity index (χ3v) is 4.47. The highest BCUT2D eigenvalue weighted by atomic mass is 19.1. The first-order valence-electron chi connectivity index (χ1n) is 7.51. The van der Waals surface area contributed by atoms with Gasteiger partial charge in [0.25, 0.3) is 5.91 Å². The second kappa shape index (κ2) is 5.07. The first-order chi connectivity index (χ1) is 10.7. The minimum absolute atomic E-state index is 0.108. The fourth-order valence-corrected chi connectivity index (χ4v) is 3.24. The van der Waals surface area contributed by atoms with Crippen LogP contribution in [0, 0.1) is 5.82 Å². The van der Waals surface area contributed by atoms with Crippen LogP contribution in [0.25, 0.3) is 10.9 Å². The van der Waals surface area contributed by atoms with Crippen molar-refractivity contribution in [3.05, 3.63) is 35.8 Å². The zero-order valence-corrected chi connectivity index (χ0v) is 12.1. The van der Waals surface area contributed by atoms with Crippen LogP contribution in [0.3, 0.4) is 0 Å². The second-order valence-corrected chi connectivity index (χ2v) is 5.78. The van der Waals surface area contributed by atoms with E-state index in [0.29, 0.717) is 55.7 Å². The lowest BCUT2D eigenvalue weighted by Crippen LogP contribution is -2.47. The normalized spacial score (nSPS) is 20.9. The van der Waals surface area contributed by atoms with Crippen molar-refractivity contribution in [1.29, 1.82) is 0 Å². The third kappa shape index (κ3) is 2.19. The topological polar surface area (TPSA) is 54.6 Å².